The van der Waals surface area contributed by atoms with Gasteiger partial charge >= 0.3 is 5.76 Å². The van der Waals surface area contributed by atoms with Gasteiger partial charge in [-0.1, -0.05) is 29.3 Å². The van der Waals surface area contributed by atoms with Crippen LogP contribution in [0.5, 0.6) is 5.75 Å². The maximum atomic E-state index is 11.8. The molecule has 0 fully saturated rings. The van der Waals surface area contributed by atoms with Crippen molar-refractivity contribution in [1.29, 1.82) is 0 Å². The van der Waals surface area contributed by atoms with Gasteiger partial charge in [0.2, 0.25) is 0 Å². The molecule has 126 valence electrons. The molecule has 0 bridgehead atoms. The summed E-state index contributed by atoms with van der Waals surface area (Å²) in [7, 11) is 0. The molecule has 7 nitrogen and oxygen atoms in total. The second-order valence-electron chi connectivity index (χ2n) is 4.85. The second-order valence-corrected chi connectivity index (χ2v) is 5.66. The smallest absolute Gasteiger partial charge is 0.437 e. The molecule has 0 spiro atoms. The first-order valence-corrected chi connectivity index (χ1v) is 7.67. The predicted molar refractivity (Wildman–Crippen MR) is 86.4 cm³/mol. The van der Waals surface area contributed by atoms with Crippen LogP contribution in [0.3, 0.4) is 0 Å². The molecule has 1 aromatic carbocycles. The van der Waals surface area contributed by atoms with Crippen LogP contribution in [0.15, 0.2) is 50.2 Å². The van der Waals surface area contributed by atoms with E-state index in [1.165, 1.54) is 6.26 Å². The third-order valence-electron chi connectivity index (χ3n) is 3.06. The Bertz CT molecular complexity index is 852. The van der Waals surface area contributed by atoms with Gasteiger partial charge in [0.25, 0.3) is 5.89 Å². The Balaban J connectivity index is 1.65. The predicted octanol–water partition coefficient (Wildman–Crippen LogP) is 2.84. The number of hydrogen-bond acceptors (Lipinski definition) is 6. The molecule has 0 aliphatic carbocycles. The highest BCUT2D eigenvalue weighted by Crippen LogP contribution is 2.32. The van der Waals surface area contributed by atoms with E-state index in [0.29, 0.717) is 15.8 Å². The zero-order valence-electron chi connectivity index (χ0n) is 12.2. The van der Waals surface area contributed by atoms with Crippen LogP contribution in [0.2, 0.25) is 10.0 Å². The van der Waals surface area contributed by atoms with Crippen molar-refractivity contribution < 1.29 is 18.7 Å². The summed E-state index contributed by atoms with van der Waals surface area (Å²) in [6, 6.07) is 8.16. The van der Waals surface area contributed by atoms with Crippen molar-refractivity contribution in [3.8, 4) is 17.4 Å². The van der Waals surface area contributed by atoms with Crippen LogP contribution < -0.4 is 10.5 Å². The number of ether oxygens (including phenoxy) is 1. The van der Waals surface area contributed by atoms with Crippen LogP contribution in [0.25, 0.3) is 11.7 Å². The van der Waals surface area contributed by atoms with Gasteiger partial charge in [-0.25, -0.2) is 4.79 Å². The third-order valence-corrected chi connectivity index (χ3v) is 3.66. The van der Waals surface area contributed by atoms with Crippen LogP contribution in [-0.2, 0) is 6.54 Å². The molecule has 0 aliphatic rings. The number of rotatable bonds is 6. The fourth-order valence-electron chi connectivity index (χ4n) is 1.97. The number of aliphatic hydroxyl groups excluding tert-OH is 1. The van der Waals surface area contributed by atoms with Crippen molar-refractivity contribution in [2.24, 2.45) is 0 Å². The van der Waals surface area contributed by atoms with Crippen molar-refractivity contribution in [3.05, 3.63) is 57.2 Å². The third kappa shape index (κ3) is 3.64. The van der Waals surface area contributed by atoms with E-state index in [1.807, 2.05) is 0 Å². The van der Waals surface area contributed by atoms with Crippen molar-refractivity contribution in [3.63, 3.8) is 0 Å². The summed E-state index contributed by atoms with van der Waals surface area (Å²) in [6.07, 6.45) is 0.411. The van der Waals surface area contributed by atoms with Crippen LogP contribution in [0.1, 0.15) is 0 Å². The van der Waals surface area contributed by atoms with Gasteiger partial charge in [-0.05, 0) is 24.3 Å². The van der Waals surface area contributed by atoms with E-state index in [2.05, 4.69) is 5.10 Å². The lowest BCUT2D eigenvalue weighted by Gasteiger charge is -2.13. The highest BCUT2D eigenvalue weighted by atomic mass is 35.5. The van der Waals surface area contributed by atoms with E-state index in [-0.39, 0.29) is 24.8 Å². The van der Waals surface area contributed by atoms with Gasteiger partial charge in [0.1, 0.15) is 12.7 Å². The van der Waals surface area contributed by atoms with Crippen molar-refractivity contribution in [2.75, 3.05) is 6.61 Å². The lowest BCUT2D eigenvalue weighted by molar-refractivity contribution is 0.0876. The fraction of sp³-hybridized carbons (Fsp3) is 0.200. The average molecular weight is 371 g/mol. The first kappa shape index (κ1) is 16.6. The van der Waals surface area contributed by atoms with Gasteiger partial charge in [0.15, 0.2) is 11.5 Å². The summed E-state index contributed by atoms with van der Waals surface area (Å²) in [6.45, 7) is -0.246. The van der Waals surface area contributed by atoms with E-state index < -0.39 is 11.9 Å². The molecule has 0 saturated carbocycles. The van der Waals surface area contributed by atoms with Crippen LogP contribution >= 0.6 is 23.2 Å². The van der Waals surface area contributed by atoms with Crippen molar-refractivity contribution >= 4 is 23.2 Å². The quantitative estimate of drug-likeness (QED) is 0.717. The highest BCUT2D eigenvalue weighted by Gasteiger charge is 2.16. The Labute approximate surface area is 146 Å². The molecule has 1 unspecified atom stereocenters. The second kappa shape index (κ2) is 7.12. The van der Waals surface area contributed by atoms with Gasteiger partial charge in [-0.3, -0.25) is 0 Å². The number of halogens is 2. The largest absolute Gasteiger partial charge is 0.488 e. The molecule has 0 aliphatic heterocycles. The molecule has 1 atom stereocenters. The monoisotopic (exact) mass is 370 g/mol. The first-order valence-electron chi connectivity index (χ1n) is 6.91. The van der Waals surface area contributed by atoms with Gasteiger partial charge in [0.05, 0.1) is 22.9 Å². The lowest BCUT2D eigenvalue weighted by atomic mass is 10.3. The summed E-state index contributed by atoms with van der Waals surface area (Å²) >= 11 is 11.9. The number of aliphatic hydroxyl groups is 1. The molecule has 2 heterocycles. The Morgan fingerprint density at radius 3 is 2.67 bits per heavy atom. The van der Waals surface area contributed by atoms with Crippen LogP contribution in [-0.4, -0.2) is 27.6 Å². The number of nitrogens with zero attached hydrogens (tertiary/aromatic N) is 2. The van der Waals surface area contributed by atoms with E-state index in [0.717, 1.165) is 4.68 Å². The van der Waals surface area contributed by atoms with Gasteiger partial charge in [-0.2, -0.15) is 4.68 Å². The Kier molecular flexibility index (Phi) is 4.94. The summed E-state index contributed by atoms with van der Waals surface area (Å²) in [4.78, 5) is 11.8. The molecule has 0 radical (unpaired) electrons. The van der Waals surface area contributed by atoms with Gasteiger partial charge in [0, 0.05) is 0 Å². The average Bonchev–Trinajstić information content (AvgIpc) is 3.17. The molecular formula is C15H12Cl2N2O5. The fourth-order valence-corrected chi connectivity index (χ4v) is 2.48. The molecule has 0 amide bonds. The topological polar surface area (TPSA) is 90.6 Å². The first-order chi connectivity index (χ1) is 11.5. The normalized spacial score (nSPS) is 12.3. The molecule has 9 heteroatoms. The summed E-state index contributed by atoms with van der Waals surface area (Å²) < 4.78 is 16.5. The highest BCUT2D eigenvalue weighted by molar-refractivity contribution is 6.37. The van der Waals surface area contributed by atoms with Gasteiger partial charge in [-0.15, -0.1) is 5.10 Å². The number of hydrogen-bond donors (Lipinski definition) is 1. The minimum atomic E-state index is -1.02. The summed E-state index contributed by atoms with van der Waals surface area (Å²) in [5, 5.41) is 14.6. The minimum Gasteiger partial charge on any atom is -0.488 e. The molecule has 3 aromatic rings. The molecule has 1 N–H and O–H groups in total. The summed E-state index contributed by atoms with van der Waals surface area (Å²) in [5.74, 6) is -0.0911. The van der Waals surface area contributed by atoms with E-state index in [1.54, 1.807) is 30.3 Å². The standard InChI is InChI=1S/C15H12Cl2N2O5/c16-10-3-1-4-11(17)13(10)23-8-9(20)7-19-15(21)24-14(18-19)12-5-2-6-22-12/h1-6,9,20H,7-8H2. The number of para-hydroxylation sites is 1. The maximum absolute atomic E-state index is 11.8. The molecule has 2 aromatic heterocycles. The van der Waals surface area contributed by atoms with Gasteiger partial charge < -0.3 is 18.7 Å². The minimum absolute atomic E-state index is 0.0345. The SMILES string of the molecule is O=c1oc(-c2ccco2)nn1CC(O)COc1c(Cl)cccc1Cl. The zero-order valence-corrected chi connectivity index (χ0v) is 13.7. The lowest BCUT2D eigenvalue weighted by Crippen LogP contribution is -2.29. The number of furan rings is 1. The van der Waals surface area contributed by atoms with Crippen LogP contribution in [0, 0.1) is 0 Å². The van der Waals surface area contributed by atoms with E-state index in [4.69, 9.17) is 36.8 Å². The summed E-state index contributed by atoms with van der Waals surface area (Å²) in [5.41, 5.74) is 0. The van der Waals surface area contributed by atoms with Crippen molar-refractivity contribution in [2.45, 2.75) is 12.6 Å². The Hall–Kier alpha value is -2.22. The van der Waals surface area contributed by atoms with E-state index in [9.17, 15) is 9.90 Å². The van der Waals surface area contributed by atoms with E-state index >= 15 is 0 Å². The number of benzene rings is 1. The molecule has 3 rings (SSSR count). The van der Waals surface area contributed by atoms with Crippen molar-refractivity contribution in [1.82, 2.24) is 9.78 Å². The molecular weight excluding hydrogens is 359 g/mol. The Morgan fingerprint density at radius 2 is 2.00 bits per heavy atom. The van der Waals surface area contributed by atoms with Crippen LogP contribution in [0.4, 0.5) is 0 Å². The zero-order chi connectivity index (χ0) is 17.1. The molecule has 24 heavy (non-hydrogen) atoms. The maximum Gasteiger partial charge on any atom is 0.437 e. The number of aromatic nitrogens is 2. The Morgan fingerprint density at radius 1 is 1.25 bits per heavy atom. The molecule has 0 saturated heterocycles.